The van der Waals surface area contributed by atoms with E-state index in [0.29, 0.717) is 32.0 Å². The van der Waals surface area contributed by atoms with Gasteiger partial charge in [0.25, 0.3) is 0 Å². The van der Waals surface area contributed by atoms with Crippen LogP contribution in [0.15, 0.2) is 59.5 Å². The van der Waals surface area contributed by atoms with Gasteiger partial charge in [0.1, 0.15) is 0 Å². The van der Waals surface area contributed by atoms with Crippen LogP contribution < -0.4 is 5.32 Å². The van der Waals surface area contributed by atoms with Crippen molar-refractivity contribution in [2.24, 2.45) is 0 Å². The SMILES string of the molecule is CCc1ccc(/C=C/C(=O)Nc2cccc(S(=O)(=O)N3CCOCC3)c2)cc1. The third-order valence-electron chi connectivity index (χ3n) is 4.52. The van der Waals surface area contributed by atoms with Gasteiger partial charge in [-0.05, 0) is 41.8 Å². The summed E-state index contributed by atoms with van der Waals surface area (Å²) in [6, 6.07) is 14.3. The Labute approximate surface area is 165 Å². The number of hydrogen-bond acceptors (Lipinski definition) is 4. The number of carbonyl (C=O) groups excluding carboxylic acids is 1. The molecule has 0 saturated carbocycles. The van der Waals surface area contributed by atoms with Gasteiger partial charge in [-0.1, -0.05) is 37.3 Å². The van der Waals surface area contributed by atoms with E-state index < -0.39 is 10.0 Å². The fourth-order valence-electron chi connectivity index (χ4n) is 2.89. The van der Waals surface area contributed by atoms with E-state index in [-0.39, 0.29) is 10.8 Å². The maximum atomic E-state index is 12.7. The van der Waals surface area contributed by atoms with Crippen LogP contribution in [0, 0.1) is 0 Å². The first kappa shape index (κ1) is 20.3. The van der Waals surface area contributed by atoms with E-state index in [1.54, 1.807) is 18.2 Å². The smallest absolute Gasteiger partial charge is 0.248 e. The minimum absolute atomic E-state index is 0.159. The molecule has 0 atom stereocenters. The zero-order valence-electron chi connectivity index (χ0n) is 15.8. The summed E-state index contributed by atoms with van der Waals surface area (Å²) in [7, 11) is -3.60. The lowest BCUT2D eigenvalue weighted by atomic mass is 10.1. The van der Waals surface area contributed by atoms with Gasteiger partial charge in [-0.25, -0.2) is 8.42 Å². The number of hydrogen-bond donors (Lipinski definition) is 1. The monoisotopic (exact) mass is 400 g/mol. The summed E-state index contributed by atoms with van der Waals surface area (Å²) >= 11 is 0. The summed E-state index contributed by atoms with van der Waals surface area (Å²) in [6.45, 7) is 3.53. The van der Waals surface area contributed by atoms with E-state index in [9.17, 15) is 13.2 Å². The van der Waals surface area contributed by atoms with Gasteiger partial charge < -0.3 is 10.1 Å². The normalized spacial score (nSPS) is 15.6. The molecule has 6 nitrogen and oxygen atoms in total. The molecule has 0 unspecified atom stereocenters. The molecule has 148 valence electrons. The number of rotatable bonds is 6. The zero-order chi connectivity index (χ0) is 20.0. The Morgan fingerprint density at radius 2 is 1.86 bits per heavy atom. The van der Waals surface area contributed by atoms with Crippen molar-refractivity contribution in [1.82, 2.24) is 4.31 Å². The maximum Gasteiger partial charge on any atom is 0.248 e. The highest BCUT2D eigenvalue weighted by molar-refractivity contribution is 7.89. The largest absolute Gasteiger partial charge is 0.379 e. The van der Waals surface area contributed by atoms with E-state index in [2.05, 4.69) is 12.2 Å². The molecule has 0 spiro atoms. The van der Waals surface area contributed by atoms with Crippen molar-refractivity contribution in [3.05, 3.63) is 65.7 Å². The maximum absolute atomic E-state index is 12.7. The molecular weight excluding hydrogens is 376 g/mol. The van der Waals surface area contributed by atoms with E-state index in [4.69, 9.17) is 4.74 Å². The van der Waals surface area contributed by atoms with Crippen molar-refractivity contribution in [3.63, 3.8) is 0 Å². The van der Waals surface area contributed by atoms with E-state index in [1.165, 1.54) is 28.1 Å². The van der Waals surface area contributed by atoms with Crippen LogP contribution in [0.3, 0.4) is 0 Å². The van der Waals surface area contributed by atoms with E-state index in [1.807, 2.05) is 24.3 Å². The average molecular weight is 401 g/mol. The number of morpholine rings is 1. The number of anilines is 1. The molecule has 1 aliphatic heterocycles. The number of nitrogens with one attached hydrogen (secondary N) is 1. The Balaban J connectivity index is 1.68. The highest BCUT2D eigenvalue weighted by atomic mass is 32.2. The highest BCUT2D eigenvalue weighted by Gasteiger charge is 2.26. The van der Waals surface area contributed by atoms with Crippen molar-refractivity contribution < 1.29 is 17.9 Å². The Hall–Kier alpha value is -2.48. The topological polar surface area (TPSA) is 75.7 Å². The van der Waals surface area contributed by atoms with Crippen LogP contribution in [0.1, 0.15) is 18.1 Å². The molecule has 28 heavy (non-hydrogen) atoms. The molecule has 0 radical (unpaired) electrons. The summed E-state index contributed by atoms with van der Waals surface area (Å²) in [5.74, 6) is -0.319. The van der Waals surface area contributed by atoms with Crippen molar-refractivity contribution in [2.75, 3.05) is 31.6 Å². The average Bonchev–Trinajstić information content (AvgIpc) is 2.73. The van der Waals surface area contributed by atoms with Crippen LogP contribution in [0.25, 0.3) is 6.08 Å². The lowest BCUT2D eigenvalue weighted by Gasteiger charge is -2.26. The number of sulfonamides is 1. The van der Waals surface area contributed by atoms with Gasteiger partial charge in [-0.3, -0.25) is 4.79 Å². The summed E-state index contributed by atoms with van der Waals surface area (Å²) in [6.07, 6.45) is 4.13. The number of benzene rings is 2. The molecular formula is C21H24N2O4S. The Morgan fingerprint density at radius 1 is 1.14 bits per heavy atom. The molecule has 1 heterocycles. The van der Waals surface area contributed by atoms with Gasteiger partial charge in [0, 0.05) is 24.9 Å². The third-order valence-corrected chi connectivity index (χ3v) is 6.42. The summed E-state index contributed by atoms with van der Waals surface area (Å²) in [5, 5.41) is 2.72. The number of ether oxygens (including phenoxy) is 1. The zero-order valence-corrected chi connectivity index (χ0v) is 16.6. The molecule has 2 aromatic carbocycles. The molecule has 1 saturated heterocycles. The molecule has 2 aromatic rings. The van der Waals surface area contributed by atoms with Crippen molar-refractivity contribution >= 4 is 27.7 Å². The van der Waals surface area contributed by atoms with Crippen LogP contribution in [0.4, 0.5) is 5.69 Å². The Bertz CT molecular complexity index is 947. The fraction of sp³-hybridized carbons (Fsp3) is 0.286. The van der Waals surface area contributed by atoms with Gasteiger partial charge in [0.05, 0.1) is 18.1 Å². The molecule has 1 aliphatic rings. The lowest BCUT2D eigenvalue weighted by Crippen LogP contribution is -2.40. The van der Waals surface area contributed by atoms with Gasteiger partial charge in [-0.2, -0.15) is 4.31 Å². The summed E-state index contributed by atoms with van der Waals surface area (Å²) in [5.41, 5.74) is 2.60. The first-order chi connectivity index (χ1) is 13.5. The first-order valence-electron chi connectivity index (χ1n) is 9.25. The Kier molecular flexibility index (Phi) is 6.61. The molecule has 1 amide bonds. The highest BCUT2D eigenvalue weighted by Crippen LogP contribution is 2.20. The second kappa shape index (κ2) is 9.14. The molecule has 1 fully saturated rings. The quantitative estimate of drug-likeness (QED) is 0.757. The number of nitrogens with zero attached hydrogens (tertiary/aromatic N) is 1. The van der Waals surface area contributed by atoms with E-state index in [0.717, 1.165) is 12.0 Å². The van der Waals surface area contributed by atoms with Gasteiger partial charge >= 0.3 is 0 Å². The van der Waals surface area contributed by atoms with Crippen molar-refractivity contribution in [1.29, 1.82) is 0 Å². The van der Waals surface area contributed by atoms with Crippen LogP contribution in [-0.2, 0) is 26.0 Å². The fourth-order valence-corrected chi connectivity index (χ4v) is 4.34. The van der Waals surface area contributed by atoms with Crippen molar-refractivity contribution in [3.8, 4) is 0 Å². The third kappa shape index (κ3) is 5.07. The van der Waals surface area contributed by atoms with E-state index >= 15 is 0 Å². The molecule has 0 bridgehead atoms. The molecule has 0 aliphatic carbocycles. The number of amides is 1. The predicted molar refractivity (Wildman–Crippen MR) is 110 cm³/mol. The minimum atomic E-state index is -3.60. The lowest BCUT2D eigenvalue weighted by molar-refractivity contribution is -0.111. The van der Waals surface area contributed by atoms with Gasteiger partial charge in [0.15, 0.2) is 0 Å². The van der Waals surface area contributed by atoms with Crippen LogP contribution >= 0.6 is 0 Å². The van der Waals surface area contributed by atoms with Gasteiger partial charge in [0.2, 0.25) is 15.9 Å². The van der Waals surface area contributed by atoms with Crippen LogP contribution in [0.5, 0.6) is 0 Å². The summed E-state index contributed by atoms with van der Waals surface area (Å²) in [4.78, 5) is 12.4. The minimum Gasteiger partial charge on any atom is -0.379 e. The van der Waals surface area contributed by atoms with Crippen LogP contribution in [0.2, 0.25) is 0 Å². The summed E-state index contributed by atoms with van der Waals surface area (Å²) < 4.78 is 32.1. The van der Waals surface area contributed by atoms with Crippen molar-refractivity contribution in [2.45, 2.75) is 18.2 Å². The van der Waals surface area contributed by atoms with Crippen LogP contribution in [-0.4, -0.2) is 44.9 Å². The molecule has 1 N–H and O–H groups in total. The Morgan fingerprint density at radius 3 is 2.54 bits per heavy atom. The molecule has 3 rings (SSSR count). The predicted octanol–water partition coefficient (Wildman–Crippen LogP) is 2.92. The second-order valence-electron chi connectivity index (χ2n) is 6.46. The first-order valence-corrected chi connectivity index (χ1v) is 10.7. The standard InChI is InChI=1S/C21H24N2O4S/c1-2-17-6-8-18(9-7-17)10-11-21(24)22-19-4-3-5-20(16-19)28(25,26)23-12-14-27-15-13-23/h3-11,16H,2,12-15H2,1H3,(H,22,24)/b11-10+. The molecule has 0 aromatic heterocycles. The van der Waals surface area contributed by atoms with Gasteiger partial charge in [-0.15, -0.1) is 0 Å². The molecule has 7 heteroatoms. The second-order valence-corrected chi connectivity index (χ2v) is 8.40. The number of carbonyl (C=O) groups is 1. The number of aryl methyl sites for hydroxylation is 1.